The van der Waals surface area contributed by atoms with Gasteiger partial charge in [-0.15, -0.1) is 0 Å². The Morgan fingerprint density at radius 2 is 1.83 bits per heavy atom. The molecule has 7 nitrogen and oxygen atoms in total. The Kier molecular flexibility index (Phi) is 5.57. The molecule has 1 aromatic carbocycles. The van der Waals surface area contributed by atoms with Gasteiger partial charge in [0.1, 0.15) is 5.75 Å². The number of amides is 1. The van der Waals surface area contributed by atoms with E-state index in [2.05, 4.69) is 21.0 Å². The summed E-state index contributed by atoms with van der Waals surface area (Å²) in [6.45, 7) is 3.92. The number of carbonyl (C=O) groups is 1. The maximum Gasteiger partial charge on any atom is 0.254 e. The van der Waals surface area contributed by atoms with Gasteiger partial charge in [-0.2, -0.15) is 5.10 Å². The van der Waals surface area contributed by atoms with Crippen LogP contribution in [0.5, 0.6) is 5.75 Å². The van der Waals surface area contributed by atoms with Gasteiger partial charge < -0.3 is 9.64 Å². The van der Waals surface area contributed by atoms with Crippen molar-refractivity contribution < 1.29 is 9.53 Å². The zero-order valence-corrected chi connectivity index (χ0v) is 16.8. The third kappa shape index (κ3) is 4.30. The van der Waals surface area contributed by atoms with Gasteiger partial charge in [-0.05, 0) is 36.4 Å². The fourth-order valence-electron chi connectivity index (χ4n) is 3.59. The highest BCUT2D eigenvalue weighted by molar-refractivity contribution is 5.94. The number of pyridine rings is 1. The van der Waals surface area contributed by atoms with Gasteiger partial charge >= 0.3 is 0 Å². The molecule has 0 radical (unpaired) electrons. The Bertz CT molecular complexity index is 978. The van der Waals surface area contributed by atoms with Gasteiger partial charge in [0.2, 0.25) is 0 Å². The van der Waals surface area contributed by atoms with E-state index in [1.807, 2.05) is 47.0 Å². The van der Waals surface area contributed by atoms with Gasteiger partial charge in [0.15, 0.2) is 0 Å². The van der Waals surface area contributed by atoms with Gasteiger partial charge in [0, 0.05) is 63.3 Å². The summed E-state index contributed by atoms with van der Waals surface area (Å²) in [6, 6.07) is 13.4. The van der Waals surface area contributed by atoms with E-state index in [-0.39, 0.29) is 5.91 Å². The second-order valence-electron chi connectivity index (χ2n) is 7.18. The van der Waals surface area contributed by atoms with Crippen LogP contribution in [0.25, 0.3) is 11.3 Å². The summed E-state index contributed by atoms with van der Waals surface area (Å²) in [5, 5.41) is 4.63. The van der Waals surface area contributed by atoms with Gasteiger partial charge in [0.25, 0.3) is 5.91 Å². The Morgan fingerprint density at radius 1 is 1.07 bits per heavy atom. The third-order valence-electron chi connectivity index (χ3n) is 5.31. The molecule has 1 amide bonds. The second-order valence-corrected chi connectivity index (χ2v) is 7.18. The lowest BCUT2D eigenvalue weighted by Crippen LogP contribution is -2.48. The SMILES string of the molecule is COc1cccc(C(=O)N2CCN(Cc3cc(-c4ccncc4)nn3C)CC2)c1. The van der Waals surface area contributed by atoms with Crippen molar-refractivity contribution in [2.24, 2.45) is 7.05 Å². The number of hydrogen-bond acceptors (Lipinski definition) is 5. The van der Waals surface area contributed by atoms with E-state index >= 15 is 0 Å². The molecule has 0 spiro atoms. The van der Waals surface area contributed by atoms with Crippen LogP contribution in [-0.4, -0.2) is 63.8 Å². The zero-order chi connectivity index (χ0) is 20.2. The minimum atomic E-state index is 0.0593. The van der Waals surface area contributed by atoms with Crippen molar-refractivity contribution in [3.05, 3.63) is 66.1 Å². The lowest BCUT2D eigenvalue weighted by molar-refractivity contribution is 0.0625. The van der Waals surface area contributed by atoms with E-state index in [1.54, 1.807) is 25.6 Å². The highest BCUT2D eigenvalue weighted by atomic mass is 16.5. The normalized spacial score (nSPS) is 14.8. The number of nitrogens with zero attached hydrogens (tertiary/aromatic N) is 5. The maximum atomic E-state index is 12.8. The smallest absolute Gasteiger partial charge is 0.254 e. The van der Waals surface area contributed by atoms with Crippen molar-refractivity contribution in [1.29, 1.82) is 0 Å². The number of aryl methyl sites for hydroxylation is 1. The number of carbonyl (C=O) groups excluding carboxylic acids is 1. The average molecular weight is 391 g/mol. The molecule has 0 N–H and O–H groups in total. The number of methoxy groups -OCH3 is 1. The molecule has 2 aromatic heterocycles. The lowest BCUT2D eigenvalue weighted by Gasteiger charge is -2.34. The van der Waals surface area contributed by atoms with E-state index in [0.29, 0.717) is 24.4 Å². The van der Waals surface area contributed by atoms with Crippen molar-refractivity contribution in [1.82, 2.24) is 24.6 Å². The molecule has 1 aliphatic rings. The predicted octanol–water partition coefficient (Wildman–Crippen LogP) is 2.45. The minimum Gasteiger partial charge on any atom is -0.497 e. The Labute approximate surface area is 170 Å². The summed E-state index contributed by atoms with van der Waals surface area (Å²) < 4.78 is 7.16. The third-order valence-corrected chi connectivity index (χ3v) is 5.31. The minimum absolute atomic E-state index is 0.0593. The Hall–Kier alpha value is -3.19. The molecular weight excluding hydrogens is 366 g/mol. The fourth-order valence-corrected chi connectivity index (χ4v) is 3.59. The average Bonchev–Trinajstić information content (AvgIpc) is 3.14. The molecule has 1 fully saturated rings. The Balaban J connectivity index is 1.37. The largest absolute Gasteiger partial charge is 0.497 e. The zero-order valence-electron chi connectivity index (χ0n) is 16.8. The van der Waals surface area contributed by atoms with Crippen molar-refractivity contribution in [2.45, 2.75) is 6.54 Å². The molecule has 7 heteroatoms. The van der Waals surface area contributed by atoms with Crippen LogP contribution in [0.15, 0.2) is 54.9 Å². The molecular formula is C22H25N5O2. The van der Waals surface area contributed by atoms with Crippen LogP contribution in [0.2, 0.25) is 0 Å². The second kappa shape index (κ2) is 8.45. The van der Waals surface area contributed by atoms with E-state index in [1.165, 1.54) is 0 Å². The lowest BCUT2D eigenvalue weighted by atomic mass is 10.1. The first kappa shape index (κ1) is 19.1. The standard InChI is InChI=1S/C22H25N5O2/c1-25-19(15-21(24-25)17-6-8-23-9-7-17)16-26-10-12-27(13-11-26)22(28)18-4-3-5-20(14-18)29-2/h3-9,14-15H,10-13,16H2,1-2H3. The molecule has 3 heterocycles. The number of piperazine rings is 1. The number of ether oxygens (including phenoxy) is 1. The molecule has 0 bridgehead atoms. The van der Waals surface area contributed by atoms with Crippen LogP contribution in [0.4, 0.5) is 0 Å². The van der Waals surface area contributed by atoms with Crippen molar-refractivity contribution in [2.75, 3.05) is 33.3 Å². The maximum absolute atomic E-state index is 12.8. The van der Waals surface area contributed by atoms with Crippen LogP contribution in [-0.2, 0) is 13.6 Å². The van der Waals surface area contributed by atoms with Gasteiger partial charge in [-0.3, -0.25) is 19.4 Å². The molecule has 1 saturated heterocycles. The molecule has 29 heavy (non-hydrogen) atoms. The number of benzene rings is 1. The van der Waals surface area contributed by atoms with Crippen molar-refractivity contribution in [3.63, 3.8) is 0 Å². The molecule has 4 rings (SSSR count). The summed E-state index contributed by atoms with van der Waals surface area (Å²) in [4.78, 5) is 21.1. The summed E-state index contributed by atoms with van der Waals surface area (Å²) in [5.41, 5.74) is 3.85. The van der Waals surface area contributed by atoms with Crippen LogP contribution < -0.4 is 4.74 Å². The molecule has 150 valence electrons. The van der Waals surface area contributed by atoms with Crippen LogP contribution in [0, 0.1) is 0 Å². The van der Waals surface area contributed by atoms with Crippen LogP contribution in [0.3, 0.4) is 0 Å². The Morgan fingerprint density at radius 3 is 2.55 bits per heavy atom. The van der Waals surface area contributed by atoms with E-state index < -0.39 is 0 Å². The first-order chi connectivity index (χ1) is 14.1. The monoisotopic (exact) mass is 391 g/mol. The number of rotatable bonds is 5. The number of hydrogen-bond donors (Lipinski definition) is 0. The topological polar surface area (TPSA) is 63.5 Å². The number of aromatic nitrogens is 3. The molecule has 1 aliphatic heterocycles. The highest BCUT2D eigenvalue weighted by Gasteiger charge is 2.23. The highest BCUT2D eigenvalue weighted by Crippen LogP contribution is 2.20. The molecule has 0 unspecified atom stereocenters. The van der Waals surface area contributed by atoms with E-state index in [4.69, 9.17) is 4.74 Å². The van der Waals surface area contributed by atoms with Crippen LogP contribution in [0.1, 0.15) is 16.1 Å². The van der Waals surface area contributed by atoms with E-state index in [9.17, 15) is 4.79 Å². The molecule has 0 aliphatic carbocycles. The first-order valence-corrected chi connectivity index (χ1v) is 9.73. The van der Waals surface area contributed by atoms with Crippen LogP contribution >= 0.6 is 0 Å². The van der Waals surface area contributed by atoms with E-state index in [0.717, 1.165) is 36.6 Å². The quantitative estimate of drug-likeness (QED) is 0.669. The van der Waals surface area contributed by atoms with Crippen molar-refractivity contribution >= 4 is 5.91 Å². The summed E-state index contributed by atoms with van der Waals surface area (Å²) in [6.07, 6.45) is 3.56. The van der Waals surface area contributed by atoms with Crippen molar-refractivity contribution in [3.8, 4) is 17.0 Å². The fraction of sp³-hybridized carbons (Fsp3) is 0.318. The van der Waals surface area contributed by atoms with Gasteiger partial charge in [-0.25, -0.2) is 0 Å². The molecule has 3 aromatic rings. The van der Waals surface area contributed by atoms with Gasteiger partial charge in [-0.1, -0.05) is 6.07 Å². The molecule has 0 atom stereocenters. The predicted molar refractivity (Wildman–Crippen MR) is 111 cm³/mol. The summed E-state index contributed by atoms with van der Waals surface area (Å²) >= 11 is 0. The first-order valence-electron chi connectivity index (χ1n) is 9.73. The summed E-state index contributed by atoms with van der Waals surface area (Å²) in [5.74, 6) is 0.764. The van der Waals surface area contributed by atoms with Gasteiger partial charge in [0.05, 0.1) is 18.5 Å². The summed E-state index contributed by atoms with van der Waals surface area (Å²) in [7, 11) is 3.59. The molecule has 0 saturated carbocycles.